The first-order chi connectivity index (χ1) is 22.6. The Morgan fingerprint density at radius 1 is 1.02 bits per heavy atom. The number of hydrogen-bond donors (Lipinski definition) is 2. The minimum atomic E-state index is -0.572. The predicted octanol–water partition coefficient (Wildman–Crippen LogP) is 7.12. The van der Waals surface area contributed by atoms with Gasteiger partial charge in [0, 0.05) is 47.2 Å². The van der Waals surface area contributed by atoms with E-state index >= 15 is 0 Å². The Balaban J connectivity index is 1.26. The number of nitrogens with zero attached hydrogens (tertiary/aromatic N) is 5. The summed E-state index contributed by atoms with van der Waals surface area (Å²) in [5.74, 6) is 0.767. The third-order valence-corrected chi connectivity index (χ3v) is 10.5. The first kappa shape index (κ1) is 31.4. The number of carbonyl (C=O) groups is 2. The Labute approximate surface area is 277 Å². The highest BCUT2D eigenvalue weighted by atomic mass is 16.2. The molecule has 0 unspecified atom stereocenters. The number of nitrogens with one attached hydrogen (secondary N) is 2. The van der Waals surface area contributed by atoms with Crippen LogP contribution in [0.25, 0.3) is 22.3 Å². The molecule has 1 aliphatic carbocycles. The Hall–Kier alpha value is -4.24. The summed E-state index contributed by atoms with van der Waals surface area (Å²) in [4.78, 5) is 41.4. The van der Waals surface area contributed by atoms with Gasteiger partial charge in [0.2, 0.25) is 5.91 Å². The van der Waals surface area contributed by atoms with Gasteiger partial charge >= 0.3 is 0 Å². The van der Waals surface area contributed by atoms with E-state index in [4.69, 9.17) is 9.97 Å². The van der Waals surface area contributed by atoms with Gasteiger partial charge in [-0.1, -0.05) is 24.6 Å². The van der Waals surface area contributed by atoms with E-state index in [-0.39, 0.29) is 23.9 Å². The van der Waals surface area contributed by atoms with Crippen molar-refractivity contribution in [3.8, 4) is 11.3 Å². The summed E-state index contributed by atoms with van der Waals surface area (Å²) < 4.78 is 2.12. The van der Waals surface area contributed by atoms with Crippen molar-refractivity contribution in [2.24, 2.45) is 0 Å². The zero-order valence-corrected chi connectivity index (χ0v) is 28.6. The summed E-state index contributed by atoms with van der Waals surface area (Å²) in [6, 6.07) is 15.2. The fraction of sp³-hybridized carbons (Fsp3) is 0.474. The molecule has 2 aromatic carbocycles. The number of hydrogen-bond acceptors (Lipinski definition) is 6. The summed E-state index contributed by atoms with van der Waals surface area (Å²) >= 11 is 0. The molecule has 0 radical (unpaired) electrons. The summed E-state index contributed by atoms with van der Waals surface area (Å²) in [6.07, 6.45) is 7.83. The quantitative estimate of drug-likeness (QED) is 0.215. The van der Waals surface area contributed by atoms with E-state index in [0.29, 0.717) is 24.0 Å². The van der Waals surface area contributed by atoms with Crippen molar-refractivity contribution < 1.29 is 9.59 Å². The standard InChI is InChI=1S/C38H47N7O2/c1-7-39-36(46)29-18-26(13-11-24(29)4)41-35-34-32(40-22-44(34)23(2)3)21-31(42-35)25-12-14-30-33(17-25)45(37(47)38(30,5)6)28-19-27(20-28)43-15-9-8-10-16-43/h11-14,17-18,21-23,27-28H,7-10,15-16,19-20H2,1-6H3,(H,39,46)(H,41,42)/t27-,28+. The van der Waals surface area contributed by atoms with Crippen LogP contribution in [0, 0.1) is 6.92 Å². The van der Waals surface area contributed by atoms with Gasteiger partial charge in [-0.15, -0.1) is 0 Å². The van der Waals surface area contributed by atoms with Crippen LogP contribution in [0.2, 0.25) is 0 Å². The number of anilines is 3. The zero-order valence-electron chi connectivity index (χ0n) is 28.6. The SMILES string of the molecule is CCNC(=O)c1cc(Nc2nc(-c3ccc4c(c3)N([C@H]3C[C@@H](N5CCCCC5)C3)C(=O)C4(C)C)cc3ncn(C(C)C)c23)ccc1C. The van der Waals surface area contributed by atoms with E-state index in [1.165, 1.54) is 32.4 Å². The maximum Gasteiger partial charge on any atom is 0.251 e. The van der Waals surface area contributed by atoms with E-state index in [9.17, 15) is 9.59 Å². The topological polar surface area (TPSA) is 95.4 Å². The molecule has 1 saturated heterocycles. The van der Waals surface area contributed by atoms with Gasteiger partial charge in [0.1, 0.15) is 5.52 Å². The number of fused-ring (bicyclic) bond motifs is 2. The number of aryl methyl sites for hydroxylation is 1. The van der Waals surface area contributed by atoms with Gasteiger partial charge in [-0.25, -0.2) is 9.97 Å². The highest BCUT2D eigenvalue weighted by Gasteiger charge is 2.50. The van der Waals surface area contributed by atoms with E-state index < -0.39 is 5.41 Å². The first-order valence-electron chi connectivity index (χ1n) is 17.3. The second-order valence-corrected chi connectivity index (χ2v) is 14.4. The monoisotopic (exact) mass is 633 g/mol. The van der Waals surface area contributed by atoms with Crippen LogP contribution >= 0.6 is 0 Å². The summed E-state index contributed by atoms with van der Waals surface area (Å²) in [6.45, 7) is 15.2. The van der Waals surface area contributed by atoms with Crippen molar-refractivity contribution in [2.75, 3.05) is 29.9 Å². The lowest BCUT2D eigenvalue weighted by molar-refractivity contribution is -0.123. The molecule has 2 N–H and O–H groups in total. The molecule has 246 valence electrons. The number of imidazole rings is 1. The molecule has 4 aromatic rings. The van der Waals surface area contributed by atoms with Crippen LogP contribution in [0.15, 0.2) is 48.8 Å². The van der Waals surface area contributed by atoms with Crippen LogP contribution in [0.4, 0.5) is 17.2 Å². The Morgan fingerprint density at radius 2 is 1.79 bits per heavy atom. The molecule has 2 fully saturated rings. The maximum absolute atomic E-state index is 13.9. The van der Waals surface area contributed by atoms with Crippen LogP contribution in [0.5, 0.6) is 0 Å². The molecule has 3 aliphatic rings. The van der Waals surface area contributed by atoms with Crippen molar-refractivity contribution in [1.29, 1.82) is 0 Å². The Morgan fingerprint density at radius 3 is 2.51 bits per heavy atom. The molecule has 2 aliphatic heterocycles. The molecule has 9 nitrogen and oxygen atoms in total. The number of likely N-dealkylation sites (tertiary alicyclic amines) is 1. The Kier molecular flexibility index (Phi) is 8.07. The average molecular weight is 634 g/mol. The van der Waals surface area contributed by atoms with E-state index in [1.54, 1.807) is 0 Å². The third-order valence-electron chi connectivity index (χ3n) is 10.5. The number of pyridine rings is 1. The zero-order chi connectivity index (χ0) is 33.0. The fourth-order valence-corrected chi connectivity index (χ4v) is 7.68. The number of carbonyl (C=O) groups excluding carboxylic acids is 2. The number of piperidine rings is 1. The summed E-state index contributed by atoms with van der Waals surface area (Å²) in [7, 11) is 0. The molecular formula is C38H47N7O2. The molecular weight excluding hydrogens is 586 g/mol. The van der Waals surface area contributed by atoms with Gasteiger partial charge in [0.25, 0.3) is 5.91 Å². The van der Waals surface area contributed by atoms with Gasteiger partial charge in [0.05, 0.1) is 23.0 Å². The van der Waals surface area contributed by atoms with Crippen molar-refractivity contribution in [1.82, 2.24) is 24.8 Å². The van der Waals surface area contributed by atoms with Crippen molar-refractivity contribution >= 4 is 40.0 Å². The predicted molar refractivity (Wildman–Crippen MR) is 189 cm³/mol. The minimum Gasteiger partial charge on any atom is -0.352 e. The minimum absolute atomic E-state index is 0.0957. The molecule has 7 rings (SSSR count). The molecule has 4 heterocycles. The lowest BCUT2D eigenvalue weighted by atomic mass is 9.82. The van der Waals surface area contributed by atoms with E-state index in [0.717, 1.165) is 57.6 Å². The lowest BCUT2D eigenvalue weighted by Crippen LogP contribution is -2.57. The van der Waals surface area contributed by atoms with Crippen molar-refractivity contribution in [3.05, 3.63) is 65.5 Å². The highest BCUT2D eigenvalue weighted by Crippen LogP contribution is 2.48. The molecule has 2 aromatic heterocycles. The molecule has 0 atom stereocenters. The number of benzene rings is 2. The smallest absolute Gasteiger partial charge is 0.251 e. The molecule has 1 saturated carbocycles. The van der Waals surface area contributed by atoms with Gasteiger partial charge < -0.3 is 25.0 Å². The summed E-state index contributed by atoms with van der Waals surface area (Å²) in [5, 5.41) is 6.45. The van der Waals surface area contributed by atoms with Crippen molar-refractivity contribution in [2.45, 2.75) is 97.2 Å². The second-order valence-electron chi connectivity index (χ2n) is 14.4. The highest BCUT2D eigenvalue weighted by molar-refractivity contribution is 6.09. The first-order valence-corrected chi connectivity index (χ1v) is 17.3. The van der Waals surface area contributed by atoms with Gasteiger partial charge in [-0.3, -0.25) is 9.59 Å². The number of aromatic nitrogens is 3. The molecule has 0 bridgehead atoms. The largest absolute Gasteiger partial charge is 0.352 e. The van der Waals surface area contributed by atoms with Crippen LogP contribution < -0.4 is 15.5 Å². The van der Waals surface area contributed by atoms with Crippen LogP contribution in [0.1, 0.15) is 94.2 Å². The van der Waals surface area contributed by atoms with Gasteiger partial charge in [-0.05, 0) is 116 Å². The number of rotatable bonds is 8. The maximum atomic E-state index is 13.9. The molecule has 9 heteroatoms. The van der Waals surface area contributed by atoms with Gasteiger partial charge in [-0.2, -0.15) is 0 Å². The molecule has 0 spiro atoms. The third kappa shape index (κ3) is 5.48. The van der Waals surface area contributed by atoms with Crippen LogP contribution in [0.3, 0.4) is 0 Å². The summed E-state index contributed by atoms with van der Waals surface area (Å²) in [5.41, 5.74) is 7.30. The van der Waals surface area contributed by atoms with E-state index in [2.05, 4.69) is 70.9 Å². The normalized spacial score (nSPS) is 20.8. The van der Waals surface area contributed by atoms with Gasteiger partial charge in [0.15, 0.2) is 5.82 Å². The average Bonchev–Trinajstić information content (AvgIpc) is 3.55. The number of amides is 2. The fourth-order valence-electron chi connectivity index (χ4n) is 7.68. The molecule has 2 amide bonds. The van der Waals surface area contributed by atoms with Crippen LogP contribution in [-0.2, 0) is 10.2 Å². The van der Waals surface area contributed by atoms with E-state index in [1.807, 2.05) is 44.4 Å². The molecule has 47 heavy (non-hydrogen) atoms. The second kappa shape index (κ2) is 12.1. The van der Waals surface area contributed by atoms with Crippen molar-refractivity contribution in [3.63, 3.8) is 0 Å². The Bertz CT molecular complexity index is 1850. The lowest BCUT2D eigenvalue weighted by Gasteiger charge is -2.48. The van der Waals surface area contributed by atoms with Crippen LogP contribution in [-0.4, -0.2) is 63.0 Å².